The first kappa shape index (κ1) is 21.8. The van der Waals surface area contributed by atoms with Crippen molar-refractivity contribution in [1.82, 2.24) is 0 Å². The maximum Gasteiger partial charge on any atom is 1.00 e. The molecule has 0 saturated carbocycles. The summed E-state index contributed by atoms with van der Waals surface area (Å²) in [6.45, 7) is 4.06. The zero-order valence-electron chi connectivity index (χ0n) is 14.6. The second-order valence-electron chi connectivity index (χ2n) is 6.22. The fourth-order valence-corrected chi connectivity index (χ4v) is 4.40. The molecule has 0 atom stereocenters. The molecule has 126 valence electrons. The molecule has 3 rings (SSSR count). The van der Waals surface area contributed by atoms with Crippen molar-refractivity contribution in [1.29, 1.82) is 0 Å². The molecule has 0 aliphatic carbocycles. The zero-order chi connectivity index (χ0) is 17.9. The van der Waals surface area contributed by atoms with Crippen molar-refractivity contribution in [2.75, 3.05) is 0 Å². The Kier molecular flexibility index (Phi) is 8.07. The molecule has 0 heterocycles. The van der Waals surface area contributed by atoms with Crippen LogP contribution in [0.15, 0.2) is 98.9 Å². The molecular weight excluding hydrogens is 510 g/mol. The normalized spacial score (nSPS) is 10.9. The minimum absolute atomic E-state index is 0. The topological polar surface area (TPSA) is 0 Å². The molecule has 0 bridgehead atoms. The molecule has 26 heavy (non-hydrogen) atoms. The molecule has 0 radical (unpaired) electrons. The zero-order valence-corrected chi connectivity index (χ0v) is 19.4. The van der Waals surface area contributed by atoms with Crippen LogP contribution in [0.5, 0.6) is 0 Å². The van der Waals surface area contributed by atoms with Gasteiger partial charge >= 0.3 is 18.9 Å². The van der Waals surface area contributed by atoms with Crippen LogP contribution in [-0.2, 0) is 0 Å². The van der Waals surface area contributed by atoms with Gasteiger partial charge in [0.25, 0.3) is 0 Å². The number of hydrogen-bond donors (Lipinski definition) is 0. The average Bonchev–Trinajstić information content (AvgIpc) is 2.62. The molecule has 0 aliphatic rings. The Hall–Kier alpha value is -0.498. The molecule has 0 unspecified atom stereocenters. The van der Waals surface area contributed by atoms with Crippen LogP contribution in [-0.4, -0.2) is 6.15 Å². The molecule has 0 aliphatic heterocycles. The average molecular weight is 527 g/mol. The second-order valence-corrected chi connectivity index (χ2v) is 8.97. The van der Waals surface area contributed by atoms with Gasteiger partial charge in [-0.1, -0.05) is 121 Å². The molecule has 0 N–H and O–H groups in total. The van der Waals surface area contributed by atoms with Crippen LogP contribution in [0.1, 0.15) is 0 Å². The summed E-state index contributed by atoms with van der Waals surface area (Å²) in [4.78, 5) is 0. The molecule has 0 spiro atoms. The Labute approximate surface area is 193 Å². The second kappa shape index (κ2) is 9.62. The minimum Gasteiger partial charge on any atom is -0.200 e. The number of benzene rings is 3. The molecule has 0 fully saturated rings. The molecule has 0 nitrogen and oxygen atoms in total. The monoisotopic (exact) mass is 524 g/mol. The maximum atomic E-state index is 4.06. The van der Waals surface area contributed by atoms with E-state index in [0.29, 0.717) is 0 Å². The van der Waals surface area contributed by atoms with E-state index in [0.717, 1.165) is 19.7 Å². The Balaban J connectivity index is 0.00000243. The molecule has 0 saturated heterocycles. The van der Waals surface area contributed by atoms with Crippen LogP contribution >= 0.6 is 47.8 Å². The predicted molar refractivity (Wildman–Crippen MR) is 122 cm³/mol. The van der Waals surface area contributed by atoms with E-state index in [4.69, 9.17) is 0 Å². The van der Waals surface area contributed by atoms with Gasteiger partial charge in [0.1, 0.15) is 0 Å². The summed E-state index contributed by atoms with van der Waals surface area (Å²) in [5.41, 5.74) is 3.94. The van der Waals surface area contributed by atoms with Gasteiger partial charge in [-0.25, -0.2) is 0 Å². The predicted octanol–water partition coefficient (Wildman–Crippen LogP) is 2.63. The summed E-state index contributed by atoms with van der Waals surface area (Å²) >= 11 is 10.7. The number of rotatable bonds is 5. The fourth-order valence-electron chi connectivity index (χ4n) is 3.61. The third-order valence-corrected chi connectivity index (χ3v) is 6.42. The van der Waals surface area contributed by atoms with Crippen molar-refractivity contribution >= 4 is 70.3 Å². The number of hydrogen-bond acceptors (Lipinski definition) is 0. The Bertz CT molecular complexity index is 748. The van der Waals surface area contributed by atoms with E-state index in [-0.39, 0.29) is 18.9 Å². The molecule has 0 aromatic heterocycles. The van der Waals surface area contributed by atoms with E-state index in [2.05, 4.69) is 127 Å². The summed E-state index contributed by atoms with van der Waals surface area (Å²) in [6.07, 6.45) is 1.79. The van der Waals surface area contributed by atoms with Crippen molar-refractivity contribution in [3.05, 3.63) is 98.9 Å². The Morgan fingerprint density at radius 3 is 1.12 bits per heavy atom. The SMILES string of the molecule is C=CC[B-](c1ccc(Br)cc1)(c1ccc(Br)cc1)c1ccc(Br)cc1.[Li+]. The maximum absolute atomic E-state index is 4.06. The van der Waals surface area contributed by atoms with E-state index >= 15 is 0 Å². The molecule has 5 heteroatoms. The summed E-state index contributed by atoms with van der Waals surface area (Å²) in [5, 5.41) is 0. The van der Waals surface area contributed by atoms with E-state index in [1.54, 1.807) is 0 Å². The number of halogens is 3. The van der Waals surface area contributed by atoms with Crippen LogP contribution in [0.2, 0.25) is 6.32 Å². The van der Waals surface area contributed by atoms with Gasteiger partial charge in [-0.15, -0.1) is 19.0 Å². The van der Waals surface area contributed by atoms with Crippen molar-refractivity contribution in [3.8, 4) is 0 Å². The molecular formula is C21H17BBr3Li. The third-order valence-electron chi connectivity index (χ3n) is 4.84. The summed E-state index contributed by atoms with van der Waals surface area (Å²) in [5.74, 6) is 0. The van der Waals surface area contributed by atoms with Crippen molar-refractivity contribution in [2.45, 2.75) is 6.32 Å². The van der Waals surface area contributed by atoms with Gasteiger partial charge in [0.2, 0.25) is 0 Å². The van der Waals surface area contributed by atoms with Gasteiger partial charge in [-0.3, -0.25) is 0 Å². The number of allylic oxidation sites excluding steroid dienone is 1. The van der Waals surface area contributed by atoms with Gasteiger partial charge in [0, 0.05) is 13.4 Å². The van der Waals surface area contributed by atoms with E-state index in [9.17, 15) is 0 Å². The van der Waals surface area contributed by atoms with Gasteiger partial charge < -0.3 is 0 Å². The third kappa shape index (κ3) is 4.49. The van der Waals surface area contributed by atoms with Crippen molar-refractivity contribution < 1.29 is 18.9 Å². The quantitative estimate of drug-likeness (QED) is 0.354. The van der Waals surface area contributed by atoms with Crippen LogP contribution in [0.3, 0.4) is 0 Å². The van der Waals surface area contributed by atoms with Gasteiger partial charge in [-0.05, 0) is 0 Å². The van der Waals surface area contributed by atoms with Crippen LogP contribution in [0.4, 0.5) is 0 Å². The van der Waals surface area contributed by atoms with Gasteiger partial charge in [0.15, 0.2) is 0 Å². The van der Waals surface area contributed by atoms with Crippen molar-refractivity contribution in [3.63, 3.8) is 0 Å². The van der Waals surface area contributed by atoms with E-state index < -0.39 is 6.15 Å². The van der Waals surface area contributed by atoms with Crippen LogP contribution in [0.25, 0.3) is 0 Å². The summed E-state index contributed by atoms with van der Waals surface area (Å²) < 4.78 is 3.27. The first-order valence-corrected chi connectivity index (χ1v) is 10.5. The van der Waals surface area contributed by atoms with Crippen LogP contribution < -0.4 is 35.2 Å². The van der Waals surface area contributed by atoms with Gasteiger partial charge in [-0.2, -0.15) is 16.4 Å². The molecule has 3 aromatic carbocycles. The largest absolute Gasteiger partial charge is 1.00 e. The molecule has 3 aromatic rings. The minimum atomic E-state index is -1.13. The van der Waals surface area contributed by atoms with Gasteiger partial charge in [0.05, 0.1) is 6.15 Å². The Morgan fingerprint density at radius 1 is 0.615 bits per heavy atom. The fraction of sp³-hybridized carbons (Fsp3) is 0.0476. The smallest absolute Gasteiger partial charge is 0.200 e. The first-order valence-electron chi connectivity index (χ1n) is 8.12. The van der Waals surface area contributed by atoms with E-state index in [1.165, 1.54) is 16.4 Å². The Morgan fingerprint density at radius 2 is 0.885 bits per heavy atom. The van der Waals surface area contributed by atoms with E-state index in [1.807, 2.05) is 6.08 Å². The molecule has 0 amide bonds. The van der Waals surface area contributed by atoms with Crippen LogP contribution in [0, 0.1) is 0 Å². The standard InChI is InChI=1S/C21H17BBr3.Li/c1-2-15-22(16-3-9-19(23)10-4-16,17-5-11-20(24)12-6-17)18-7-13-21(25)14-8-18;/h2-14H,1,15H2;/q-1;+1. The summed E-state index contributed by atoms with van der Waals surface area (Å²) in [7, 11) is 0. The van der Waals surface area contributed by atoms with Crippen molar-refractivity contribution in [2.24, 2.45) is 0 Å². The first-order chi connectivity index (χ1) is 12.1. The summed E-state index contributed by atoms with van der Waals surface area (Å²) in [6, 6.07) is 26.0.